The van der Waals surface area contributed by atoms with Crippen molar-refractivity contribution in [3.05, 3.63) is 18.7 Å². The van der Waals surface area contributed by atoms with Crippen molar-refractivity contribution >= 4 is 49.6 Å². The van der Waals surface area contributed by atoms with E-state index in [1.165, 1.54) is 23.3 Å². The zero-order chi connectivity index (χ0) is 15.7. The van der Waals surface area contributed by atoms with Gasteiger partial charge in [-0.15, -0.1) is 0 Å². The van der Waals surface area contributed by atoms with Crippen LogP contribution in [0.2, 0.25) is 0 Å². The smallest absolute Gasteiger partial charge is 0.419 e. The van der Waals surface area contributed by atoms with E-state index in [1.54, 1.807) is 35.4 Å². The molecule has 0 N–H and O–H groups in total. The van der Waals surface area contributed by atoms with Crippen molar-refractivity contribution in [2.75, 3.05) is 24.7 Å². The normalized spacial score (nSPS) is 11.2. The van der Waals surface area contributed by atoms with E-state index < -0.39 is 10.4 Å². The predicted molar refractivity (Wildman–Crippen MR) is 87.9 cm³/mol. The lowest BCUT2D eigenvalue weighted by Gasteiger charge is -2.14. The van der Waals surface area contributed by atoms with E-state index in [0.717, 1.165) is 0 Å². The number of hydrogen-bond donors (Lipinski definition) is 0. The van der Waals surface area contributed by atoms with Gasteiger partial charge < -0.3 is 9.47 Å². The van der Waals surface area contributed by atoms with Crippen LogP contribution in [0.1, 0.15) is 13.8 Å². The Labute approximate surface area is 139 Å². The first-order chi connectivity index (χ1) is 9.91. The van der Waals surface area contributed by atoms with E-state index in [2.05, 4.69) is 20.9 Å². The molecule has 0 unspecified atom stereocenters. The summed E-state index contributed by atoms with van der Waals surface area (Å²) in [6, 6.07) is 0. The summed E-state index contributed by atoms with van der Waals surface area (Å²) in [5, 5.41) is 0. The summed E-state index contributed by atoms with van der Waals surface area (Å²) in [5.74, 6) is 1.08. The molecule has 0 fully saturated rings. The monoisotopic (exact) mass is 396 g/mol. The second-order valence-electron chi connectivity index (χ2n) is 4.34. The Morgan fingerprint density at radius 1 is 1.24 bits per heavy atom. The summed E-state index contributed by atoms with van der Waals surface area (Å²) in [6.07, 6.45) is 4.00. The van der Waals surface area contributed by atoms with Crippen molar-refractivity contribution in [3.63, 3.8) is 0 Å². The number of ether oxygens (including phenoxy) is 2. The SMILES string of the molecule is CC(C)(Br)C(=O)OCCSSCCOC(=O)n1ccnc1. The van der Waals surface area contributed by atoms with Gasteiger partial charge in [0.15, 0.2) is 0 Å². The molecular formula is C12H17BrN2O4S2. The molecule has 0 saturated carbocycles. The Kier molecular flexibility index (Phi) is 8.20. The Balaban J connectivity index is 1.96. The summed E-state index contributed by atoms with van der Waals surface area (Å²) >= 11 is 3.24. The number of imidazole rings is 1. The highest BCUT2D eigenvalue weighted by molar-refractivity contribution is 9.10. The minimum atomic E-state index is -0.646. The topological polar surface area (TPSA) is 70.4 Å². The molecule has 21 heavy (non-hydrogen) atoms. The molecule has 0 bridgehead atoms. The molecule has 1 aromatic rings. The van der Waals surface area contributed by atoms with Gasteiger partial charge in [0.25, 0.3) is 0 Å². The lowest BCUT2D eigenvalue weighted by atomic mass is 10.2. The molecule has 0 saturated heterocycles. The maximum Gasteiger partial charge on any atom is 0.419 e. The maximum atomic E-state index is 11.4. The molecule has 0 spiro atoms. The van der Waals surface area contributed by atoms with Gasteiger partial charge in [-0.05, 0) is 13.8 Å². The van der Waals surface area contributed by atoms with Gasteiger partial charge in [0.2, 0.25) is 0 Å². The lowest BCUT2D eigenvalue weighted by Crippen LogP contribution is -2.27. The van der Waals surface area contributed by atoms with E-state index >= 15 is 0 Å². The fourth-order valence-corrected chi connectivity index (χ4v) is 2.83. The Hall–Kier alpha value is -0.670. The summed E-state index contributed by atoms with van der Waals surface area (Å²) in [5.41, 5.74) is 0. The summed E-state index contributed by atoms with van der Waals surface area (Å²) in [7, 11) is 3.13. The molecule has 0 atom stereocenters. The first-order valence-electron chi connectivity index (χ1n) is 6.17. The van der Waals surface area contributed by atoms with Crippen LogP contribution in [0, 0.1) is 0 Å². The number of aromatic nitrogens is 2. The molecular weight excluding hydrogens is 380 g/mol. The first kappa shape index (κ1) is 18.4. The number of carbonyl (C=O) groups is 2. The zero-order valence-corrected chi connectivity index (χ0v) is 15.0. The van der Waals surface area contributed by atoms with Crippen molar-refractivity contribution in [2.45, 2.75) is 18.2 Å². The minimum absolute atomic E-state index is 0.276. The standard InChI is InChI=1S/C12H17BrN2O4S2/c1-12(2,13)10(16)18-5-7-20-21-8-6-19-11(17)15-4-3-14-9-15/h3-4,9H,5-8H2,1-2H3. The van der Waals surface area contributed by atoms with Crippen LogP contribution in [0.5, 0.6) is 0 Å². The number of nitrogens with zero attached hydrogens (tertiary/aromatic N) is 2. The molecule has 1 heterocycles. The van der Waals surface area contributed by atoms with Crippen molar-refractivity contribution < 1.29 is 19.1 Å². The summed E-state index contributed by atoms with van der Waals surface area (Å²) < 4.78 is 10.7. The van der Waals surface area contributed by atoms with Crippen molar-refractivity contribution in [1.82, 2.24) is 9.55 Å². The van der Waals surface area contributed by atoms with Gasteiger partial charge >= 0.3 is 12.1 Å². The molecule has 0 aliphatic carbocycles. The number of hydrogen-bond acceptors (Lipinski definition) is 7. The Morgan fingerprint density at radius 3 is 2.38 bits per heavy atom. The number of halogens is 1. The number of rotatable bonds is 8. The molecule has 1 rings (SSSR count). The third kappa shape index (κ3) is 7.77. The van der Waals surface area contributed by atoms with E-state index in [9.17, 15) is 9.59 Å². The summed E-state index contributed by atoms with van der Waals surface area (Å²) in [4.78, 5) is 26.6. The van der Waals surface area contributed by atoms with Crippen LogP contribution >= 0.6 is 37.5 Å². The maximum absolute atomic E-state index is 11.4. The minimum Gasteiger partial charge on any atom is -0.464 e. The predicted octanol–water partition coefficient (Wildman–Crippen LogP) is 2.97. The fraction of sp³-hybridized carbons (Fsp3) is 0.583. The number of alkyl halides is 1. The van der Waals surface area contributed by atoms with Crippen LogP contribution in [0.3, 0.4) is 0 Å². The highest BCUT2D eigenvalue weighted by Crippen LogP contribution is 2.21. The van der Waals surface area contributed by atoms with Crippen molar-refractivity contribution in [3.8, 4) is 0 Å². The third-order valence-corrected chi connectivity index (χ3v) is 4.73. The van der Waals surface area contributed by atoms with Crippen LogP contribution in [0.25, 0.3) is 0 Å². The van der Waals surface area contributed by atoms with Gasteiger partial charge in [0, 0.05) is 23.9 Å². The Morgan fingerprint density at radius 2 is 1.86 bits per heavy atom. The average Bonchev–Trinajstić information content (AvgIpc) is 2.94. The number of carbonyl (C=O) groups excluding carboxylic acids is 2. The van der Waals surface area contributed by atoms with Crippen LogP contribution in [0.15, 0.2) is 18.7 Å². The van der Waals surface area contributed by atoms with Gasteiger partial charge in [-0.25, -0.2) is 14.3 Å². The fourth-order valence-electron chi connectivity index (χ4n) is 1.06. The highest BCUT2D eigenvalue weighted by Gasteiger charge is 2.25. The van der Waals surface area contributed by atoms with Gasteiger partial charge in [0.1, 0.15) is 23.9 Å². The van der Waals surface area contributed by atoms with Crippen LogP contribution in [-0.4, -0.2) is 50.7 Å². The van der Waals surface area contributed by atoms with Crippen molar-refractivity contribution in [2.24, 2.45) is 0 Å². The molecule has 0 radical (unpaired) electrons. The largest absolute Gasteiger partial charge is 0.464 e. The molecule has 9 heteroatoms. The van der Waals surface area contributed by atoms with E-state index in [0.29, 0.717) is 24.7 Å². The van der Waals surface area contributed by atoms with E-state index in [-0.39, 0.29) is 5.97 Å². The highest BCUT2D eigenvalue weighted by atomic mass is 79.9. The lowest BCUT2D eigenvalue weighted by molar-refractivity contribution is -0.144. The molecule has 118 valence electrons. The molecule has 1 aromatic heterocycles. The first-order valence-corrected chi connectivity index (χ1v) is 9.45. The van der Waals surface area contributed by atoms with Crippen LogP contribution < -0.4 is 0 Å². The van der Waals surface area contributed by atoms with E-state index in [1.807, 2.05) is 0 Å². The van der Waals surface area contributed by atoms with Gasteiger partial charge in [-0.1, -0.05) is 37.5 Å². The van der Waals surface area contributed by atoms with Crippen LogP contribution in [0.4, 0.5) is 4.79 Å². The number of esters is 1. The van der Waals surface area contributed by atoms with Gasteiger partial charge in [-0.2, -0.15) is 0 Å². The zero-order valence-electron chi connectivity index (χ0n) is 11.8. The quantitative estimate of drug-likeness (QED) is 0.289. The third-order valence-electron chi connectivity index (χ3n) is 2.08. The van der Waals surface area contributed by atoms with Crippen molar-refractivity contribution in [1.29, 1.82) is 0 Å². The van der Waals surface area contributed by atoms with Gasteiger partial charge in [-0.3, -0.25) is 4.79 Å². The molecule has 0 aliphatic rings. The molecule has 0 aliphatic heterocycles. The second-order valence-corrected chi connectivity index (χ2v) is 9.02. The molecule has 6 nitrogen and oxygen atoms in total. The molecule has 0 amide bonds. The van der Waals surface area contributed by atoms with Gasteiger partial charge in [0.05, 0.1) is 0 Å². The molecule has 0 aromatic carbocycles. The second kappa shape index (κ2) is 9.37. The Bertz CT molecular complexity index is 449. The van der Waals surface area contributed by atoms with Crippen LogP contribution in [-0.2, 0) is 14.3 Å². The summed E-state index contributed by atoms with van der Waals surface area (Å²) in [6.45, 7) is 4.17. The van der Waals surface area contributed by atoms with E-state index in [4.69, 9.17) is 9.47 Å². The average molecular weight is 397 g/mol.